The maximum absolute atomic E-state index is 12.9. The van der Waals surface area contributed by atoms with E-state index in [2.05, 4.69) is 16.0 Å². The fraction of sp³-hybridized carbons (Fsp3) is 0.524. The van der Waals surface area contributed by atoms with E-state index in [0.717, 1.165) is 5.56 Å². The van der Waals surface area contributed by atoms with Crippen LogP contribution in [0.3, 0.4) is 0 Å². The predicted octanol–water partition coefficient (Wildman–Crippen LogP) is 0.233. The Morgan fingerprint density at radius 2 is 1.38 bits per heavy atom. The molecule has 1 rings (SSSR count). The van der Waals surface area contributed by atoms with Crippen molar-refractivity contribution < 1.29 is 24.3 Å². The summed E-state index contributed by atoms with van der Waals surface area (Å²) in [5.41, 5.74) is 6.11. The standard InChI is InChI=1S/C21H32N4O5S2/c1-31-10-8-15(23-18(26)13-22)19(27)24-16(9-11-32-2)20(28)25-17(21(29)30)12-14-6-4-3-5-7-14/h3-7,15-17H,8-13,22H2,1-2H3,(H,23,26)(H,24,27)(H,25,28)(H,29,30). The molecule has 178 valence electrons. The van der Waals surface area contributed by atoms with E-state index in [1.54, 1.807) is 24.3 Å². The Balaban J connectivity index is 2.90. The zero-order valence-electron chi connectivity index (χ0n) is 18.3. The molecule has 6 N–H and O–H groups in total. The van der Waals surface area contributed by atoms with Gasteiger partial charge < -0.3 is 26.8 Å². The number of hydrogen-bond acceptors (Lipinski definition) is 7. The Hall–Kier alpha value is -2.24. The Kier molecular flexibility index (Phi) is 13.5. The van der Waals surface area contributed by atoms with E-state index in [-0.39, 0.29) is 13.0 Å². The van der Waals surface area contributed by atoms with Crippen LogP contribution in [0.4, 0.5) is 0 Å². The van der Waals surface area contributed by atoms with Gasteiger partial charge in [-0.15, -0.1) is 0 Å². The lowest BCUT2D eigenvalue weighted by atomic mass is 10.1. The number of rotatable bonds is 15. The summed E-state index contributed by atoms with van der Waals surface area (Å²) in [4.78, 5) is 49.1. The van der Waals surface area contributed by atoms with Gasteiger partial charge in [0.05, 0.1) is 6.54 Å². The minimum atomic E-state index is -1.16. The number of carboxylic acids is 1. The van der Waals surface area contributed by atoms with Gasteiger partial charge in [0, 0.05) is 6.42 Å². The van der Waals surface area contributed by atoms with Crippen molar-refractivity contribution in [1.29, 1.82) is 0 Å². The SMILES string of the molecule is CSCCC(NC(=O)CN)C(=O)NC(CCSC)C(=O)NC(Cc1ccccc1)C(=O)O. The Labute approximate surface area is 197 Å². The summed E-state index contributed by atoms with van der Waals surface area (Å²) in [6.45, 7) is -0.251. The molecular weight excluding hydrogens is 452 g/mol. The highest BCUT2D eigenvalue weighted by molar-refractivity contribution is 7.98. The van der Waals surface area contributed by atoms with Crippen LogP contribution >= 0.6 is 23.5 Å². The van der Waals surface area contributed by atoms with Crippen molar-refractivity contribution in [1.82, 2.24) is 16.0 Å². The van der Waals surface area contributed by atoms with Gasteiger partial charge in [0.15, 0.2) is 0 Å². The van der Waals surface area contributed by atoms with E-state index >= 15 is 0 Å². The van der Waals surface area contributed by atoms with Gasteiger partial charge >= 0.3 is 5.97 Å². The van der Waals surface area contributed by atoms with E-state index in [4.69, 9.17) is 5.73 Å². The van der Waals surface area contributed by atoms with E-state index < -0.39 is 41.8 Å². The fourth-order valence-corrected chi connectivity index (χ4v) is 3.80. The van der Waals surface area contributed by atoms with Gasteiger partial charge in [0.25, 0.3) is 0 Å². The molecule has 0 aromatic heterocycles. The third kappa shape index (κ3) is 10.4. The van der Waals surface area contributed by atoms with E-state index in [1.165, 1.54) is 23.5 Å². The number of carbonyl (C=O) groups is 4. The van der Waals surface area contributed by atoms with Gasteiger partial charge in [0.1, 0.15) is 18.1 Å². The first-order valence-electron chi connectivity index (χ1n) is 10.2. The third-order valence-corrected chi connectivity index (χ3v) is 5.88. The monoisotopic (exact) mass is 484 g/mol. The number of amides is 3. The molecule has 0 saturated carbocycles. The number of benzene rings is 1. The van der Waals surface area contributed by atoms with Gasteiger partial charge in [-0.1, -0.05) is 30.3 Å². The van der Waals surface area contributed by atoms with Gasteiger partial charge in [-0.2, -0.15) is 23.5 Å². The molecule has 0 spiro atoms. The predicted molar refractivity (Wildman–Crippen MR) is 129 cm³/mol. The number of aliphatic carboxylic acids is 1. The number of nitrogens with two attached hydrogens (primary N) is 1. The van der Waals surface area contributed by atoms with Gasteiger partial charge in [-0.05, 0) is 42.4 Å². The van der Waals surface area contributed by atoms with Crippen molar-refractivity contribution in [3.63, 3.8) is 0 Å². The minimum Gasteiger partial charge on any atom is -0.480 e. The molecule has 0 aliphatic rings. The lowest BCUT2D eigenvalue weighted by Crippen LogP contribution is -2.56. The van der Waals surface area contributed by atoms with Crippen molar-refractivity contribution in [3.8, 4) is 0 Å². The van der Waals surface area contributed by atoms with Crippen LogP contribution in [-0.4, -0.2) is 77.5 Å². The lowest BCUT2D eigenvalue weighted by Gasteiger charge is -2.24. The summed E-state index contributed by atoms with van der Waals surface area (Å²) in [5, 5.41) is 17.4. The Bertz CT molecular complexity index is 751. The summed E-state index contributed by atoms with van der Waals surface area (Å²) in [6, 6.07) is 6.08. The lowest BCUT2D eigenvalue weighted by molar-refractivity contribution is -0.142. The second kappa shape index (κ2) is 15.5. The highest BCUT2D eigenvalue weighted by Crippen LogP contribution is 2.07. The Morgan fingerprint density at radius 1 is 0.875 bits per heavy atom. The molecule has 0 heterocycles. The maximum atomic E-state index is 12.9. The summed E-state index contributed by atoms with van der Waals surface area (Å²) in [7, 11) is 0. The van der Waals surface area contributed by atoms with E-state index in [1.807, 2.05) is 18.6 Å². The van der Waals surface area contributed by atoms with Crippen LogP contribution in [0.5, 0.6) is 0 Å². The molecule has 0 aliphatic carbocycles. The first-order chi connectivity index (χ1) is 15.3. The number of hydrogen-bond donors (Lipinski definition) is 5. The highest BCUT2D eigenvalue weighted by atomic mass is 32.2. The molecule has 3 amide bonds. The molecule has 11 heteroatoms. The van der Waals surface area contributed by atoms with Crippen molar-refractivity contribution in [2.75, 3.05) is 30.6 Å². The first kappa shape index (κ1) is 27.8. The average Bonchev–Trinajstić information content (AvgIpc) is 2.78. The van der Waals surface area contributed by atoms with Crippen LogP contribution in [-0.2, 0) is 25.6 Å². The van der Waals surface area contributed by atoms with Crippen LogP contribution in [0, 0.1) is 0 Å². The largest absolute Gasteiger partial charge is 0.480 e. The second-order valence-corrected chi connectivity index (χ2v) is 9.01. The molecule has 3 unspecified atom stereocenters. The summed E-state index contributed by atoms with van der Waals surface area (Å²) < 4.78 is 0. The molecular formula is C21H32N4O5S2. The zero-order chi connectivity index (χ0) is 23.9. The van der Waals surface area contributed by atoms with Crippen LogP contribution in [0.15, 0.2) is 30.3 Å². The van der Waals surface area contributed by atoms with E-state index in [0.29, 0.717) is 24.3 Å². The summed E-state index contributed by atoms with van der Waals surface area (Å²) in [6.07, 6.45) is 4.56. The second-order valence-electron chi connectivity index (χ2n) is 7.04. The minimum absolute atomic E-state index is 0.119. The molecule has 32 heavy (non-hydrogen) atoms. The summed E-state index contributed by atoms with van der Waals surface area (Å²) in [5.74, 6) is -1.50. The van der Waals surface area contributed by atoms with Crippen molar-refractivity contribution in [3.05, 3.63) is 35.9 Å². The van der Waals surface area contributed by atoms with Crippen LogP contribution < -0.4 is 21.7 Å². The molecule has 1 aromatic rings. The number of carbonyl (C=O) groups excluding carboxylic acids is 3. The van der Waals surface area contributed by atoms with Crippen molar-refractivity contribution >= 4 is 47.2 Å². The Morgan fingerprint density at radius 3 is 1.84 bits per heavy atom. The highest BCUT2D eigenvalue weighted by Gasteiger charge is 2.29. The number of nitrogens with one attached hydrogen (secondary N) is 3. The quantitative estimate of drug-likeness (QED) is 0.237. The molecule has 3 atom stereocenters. The molecule has 0 fully saturated rings. The van der Waals surface area contributed by atoms with Crippen molar-refractivity contribution in [2.45, 2.75) is 37.4 Å². The molecule has 0 saturated heterocycles. The number of thioether (sulfide) groups is 2. The first-order valence-corrected chi connectivity index (χ1v) is 13.0. The summed E-state index contributed by atoms with van der Waals surface area (Å²) >= 11 is 3.02. The molecule has 9 nitrogen and oxygen atoms in total. The molecule has 0 bridgehead atoms. The van der Waals surface area contributed by atoms with Crippen LogP contribution in [0.25, 0.3) is 0 Å². The van der Waals surface area contributed by atoms with Gasteiger partial charge in [-0.3, -0.25) is 14.4 Å². The average molecular weight is 485 g/mol. The third-order valence-electron chi connectivity index (χ3n) is 4.59. The van der Waals surface area contributed by atoms with Crippen LogP contribution in [0.2, 0.25) is 0 Å². The molecule has 0 aliphatic heterocycles. The normalized spacial score (nSPS) is 13.5. The molecule has 1 aromatic carbocycles. The molecule has 0 radical (unpaired) electrons. The number of carboxylic acid groups (broad SMARTS) is 1. The van der Waals surface area contributed by atoms with Crippen LogP contribution in [0.1, 0.15) is 18.4 Å². The topological polar surface area (TPSA) is 151 Å². The van der Waals surface area contributed by atoms with E-state index in [9.17, 15) is 24.3 Å². The maximum Gasteiger partial charge on any atom is 0.326 e. The zero-order valence-corrected chi connectivity index (χ0v) is 20.0. The fourth-order valence-electron chi connectivity index (χ4n) is 2.86. The smallest absolute Gasteiger partial charge is 0.326 e. The van der Waals surface area contributed by atoms with Gasteiger partial charge in [-0.25, -0.2) is 4.79 Å². The van der Waals surface area contributed by atoms with Crippen molar-refractivity contribution in [2.24, 2.45) is 5.73 Å². The van der Waals surface area contributed by atoms with Gasteiger partial charge in [0.2, 0.25) is 17.7 Å².